The summed E-state index contributed by atoms with van der Waals surface area (Å²) < 4.78 is 5.40. The van der Waals surface area contributed by atoms with Crippen molar-refractivity contribution >= 4 is 27.5 Å². The number of halogens is 2. The molecule has 0 N–H and O–H groups in total. The van der Waals surface area contributed by atoms with Crippen LogP contribution in [0.1, 0.15) is 0 Å². The number of furan rings is 1. The summed E-state index contributed by atoms with van der Waals surface area (Å²) in [5.41, 5.74) is 1.62. The fraction of sp³-hybridized carbons (Fsp3) is 0. The van der Waals surface area contributed by atoms with E-state index in [9.17, 15) is 0 Å². The molecule has 5 heteroatoms. The van der Waals surface area contributed by atoms with E-state index in [1.807, 2.05) is 6.07 Å². The number of hydrogen-bond acceptors (Lipinski definition) is 3. The first kappa shape index (κ1) is 8.72. The van der Waals surface area contributed by atoms with E-state index in [-0.39, 0.29) is 0 Å². The van der Waals surface area contributed by atoms with Gasteiger partial charge in [0.2, 0.25) is 0 Å². The molecular formula is C8H4BrClN2O. The van der Waals surface area contributed by atoms with Gasteiger partial charge in [-0.05, 0) is 22.0 Å². The van der Waals surface area contributed by atoms with Gasteiger partial charge in [-0.15, -0.1) is 0 Å². The van der Waals surface area contributed by atoms with Crippen molar-refractivity contribution in [2.24, 2.45) is 0 Å². The average Bonchev–Trinajstić information content (AvgIpc) is 2.53. The molecule has 0 aromatic carbocycles. The third-order valence-electron chi connectivity index (χ3n) is 1.48. The van der Waals surface area contributed by atoms with Crippen molar-refractivity contribution in [3.8, 4) is 11.3 Å². The fourth-order valence-corrected chi connectivity index (χ4v) is 1.62. The van der Waals surface area contributed by atoms with E-state index < -0.39 is 0 Å². The summed E-state index contributed by atoms with van der Waals surface area (Å²) >= 11 is 8.92. The van der Waals surface area contributed by atoms with Crippen molar-refractivity contribution in [1.29, 1.82) is 0 Å². The van der Waals surface area contributed by atoms with Crippen LogP contribution in [0.25, 0.3) is 11.3 Å². The van der Waals surface area contributed by atoms with Crippen LogP contribution in [0.3, 0.4) is 0 Å². The maximum atomic E-state index is 5.76. The van der Waals surface area contributed by atoms with Gasteiger partial charge in [0, 0.05) is 11.6 Å². The molecule has 2 aromatic heterocycles. The first-order valence-electron chi connectivity index (χ1n) is 3.48. The molecule has 0 amide bonds. The lowest BCUT2D eigenvalue weighted by atomic mass is 10.2. The molecule has 0 fully saturated rings. The molecule has 0 unspecified atom stereocenters. The standard InChI is InChI=1S/C8H4BrClN2O/c9-8-11-6(3-7(10)12-8)5-1-2-13-4-5/h1-4H. The summed E-state index contributed by atoms with van der Waals surface area (Å²) in [7, 11) is 0. The van der Waals surface area contributed by atoms with Gasteiger partial charge in [0.25, 0.3) is 0 Å². The molecule has 2 rings (SSSR count). The van der Waals surface area contributed by atoms with E-state index in [4.69, 9.17) is 16.0 Å². The van der Waals surface area contributed by atoms with Crippen LogP contribution in [0.15, 0.2) is 33.8 Å². The Balaban J connectivity index is 2.53. The summed E-state index contributed by atoms with van der Waals surface area (Å²) in [6.07, 6.45) is 3.18. The lowest BCUT2D eigenvalue weighted by molar-refractivity contribution is 0.568. The van der Waals surface area contributed by atoms with Gasteiger partial charge in [0.05, 0.1) is 18.2 Å². The largest absolute Gasteiger partial charge is 0.472 e. The summed E-state index contributed by atoms with van der Waals surface area (Å²) in [5.74, 6) is 0. The fourth-order valence-electron chi connectivity index (χ4n) is 0.948. The van der Waals surface area contributed by atoms with Crippen molar-refractivity contribution < 1.29 is 4.42 Å². The molecule has 0 saturated heterocycles. The monoisotopic (exact) mass is 258 g/mol. The number of hydrogen-bond donors (Lipinski definition) is 0. The van der Waals surface area contributed by atoms with Crippen LogP contribution in [0.2, 0.25) is 5.15 Å². The number of aromatic nitrogens is 2. The van der Waals surface area contributed by atoms with Gasteiger partial charge in [-0.3, -0.25) is 0 Å². The van der Waals surface area contributed by atoms with Crippen LogP contribution < -0.4 is 0 Å². The summed E-state index contributed by atoms with van der Waals surface area (Å²) in [6, 6.07) is 3.49. The molecule has 13 heavy (non-hydrogen) atoms. The van der Waals surface area contributed by atoms with E-state index in [2.05, 4.69) is 25.9 Å². The highest BCUT2D eigenvalue weighted by molar-refractivity contribution is 9.10. The molecule has 0 saturated carbocycles. The highest BCUT2D eigenvalue weighted by Crippen LogP contribution is 2.21. The van der Waals surface area contributed by atoms with Crippen LogP contribution in [0.5, 0.6) is 0 Å². The zero-order valence-electron chi connectivity index (χ0n) is 6.37. The molecule has 0 aliphatic heterocycles. The van der Waals surface area contributed by atoms with Gasteiger partial charge < -0.3 is 4.42 Å². The average molecular weight is 259 g/mol. The van der Waals surface area contributed by atoms with Crippen LogP contribution in [0, 0.1) is 0 Å². The SMILES string of the molecule is Clc1cc(-c2ccoc2)nc(Br)n1. The molecule has 2 aromatic rings. The van der Waals surface area contributed by atoms with E-state index in [1.165, 1.54) is 0 Å². The molecule has 0 aliphatic rings. The summed E-state index contributed by atoms with van der Waals surface area (Å²) in [6.45, 7) is 0. The summed E-state index contributed by atoms with van der Waals surface area (Å²) in [4.78, 5) is 8.02. The van der Waals surface area contributed by atoms with Crippen molar-refractivity contribution in [2.75, 3.05) is 0 Å². The highest BCUT2D eigenvalue weighted by atomic mass is 79.9. The number of rotatable bonds is 1. The van der Waals surface area contributed by atoms with Gasteiger partial charge in [0.15, 0.2) is 4.73 Å². The molecule has 0 radical (unpaired) electrons. The third-order valence-corrected chi connectivity index (χ3v) is 2.03. The van der Waals surface area contributed by atoms with Crippen LogP contribution in [0.4, 0.5) is 0 Å². The van der Waals surface area contributed by atoms with Gasteiger partial charge in [0.1, 0.15) is 5.15 Å². The topological polar surface area (TPSA) is 38.9 Å². The smallest absolute Gasteiger partial charge is 0.198 e. The molecular weight excluding hydrogens is 255 g/mol. The first-order chi connectivity index (χ1) is 6.25. The Labute approximate surface area is 87.9 Å². The second-order valence-electron chi connectivity index (χ2n) is 2.36. The van der Waals surface area contributed by atoms with Crippen LogP contribution in [-0.2, 0) is 0 Å². The molecule has 0 spiro atoms. The Bertz CT molecular complexity index is 396. The minimum absolute atomic E-state index is 0.401. The Hall–Kier alpha value is -0.870. The maximum absolute atomic E-state index is 5.76. The normalized spacial score (nSPS) is 10.3. The van der Waals surface area contributed by atoms with Crippen LogP contribution in [-0.4, -0.2) is 9.97 Å². The lowest BCUT2D eigenvalue weighted by Gasteiger charge is -1.97. The van der Waals surface area contributed by atoms with Crippen molar-refractivity contribution in [1.82, 2.24) is 9.97 Å². The van der Waals surface area contributed by atoms with E-state index in [0.717, 1.165) is 11.3 Å². The van der Waals surface area contributed by atoms with Crippen LogP contribution >= 0.6 is 27.5 Å². The zero-order valence-corrected chi connectivity index (χ0v) is 8.71. The van der Waals surface area contributed by atoms with Crippen molar-refractivity contribution in [3.05, 3.63) is 34.5 Å². The Morgan fingerprint density at radius 3 is 2.85 bits per heavy atom. The van der Waals surface area contributed by atoms with Crippen molar-refractivity contribution in [3.63, 3.8) is 0 Å². The van der Waals surface area contributed by atoms with Gasteiger partial charge in [-0.2, -0.15) is 0 Å². The molecule has 0 bridgehead atoms. The second-order valence-corrected chi connectivity index (χ2v) is 3.45. The van der Waals surface area contributed by atoms with Gasteiger partial charge in [-0.25, -0.2) is 9.97 Å². The second kappa shape index (κ2) is 3.47. The van der Waals surface area contributed by atoms with E-state index in [0.29, 0.717) is 9.89 Å². The lowest BCUT2D eigenvalue weighted by Crippen LogP contribution is -1.86. The first-order valence-corrected chi connectivity index (χ1v) is 4.65. The number of nitrogens with zero attached hydrogens (tertiary/aromatic N) is 2. The molecule has 2 heterocycles. The minimum Gasteiger partial charge on any atom is -0.472 e. The Kier molecular flexibility index (Phi) is 2.33. The summed E-state index contributed by atoms with van der Waals surface area (Å²) in [5, 5.41) is 0.401. The Morgan fingerprint density at radius 1 is 1.38 bits per heavy atom. The van der Waals surface area contributed by atoms with Crippen molar-refractivity contribution in [2.45, 2.75) is 0 Å². The highest BCUT2D eigenvalue weighted by Gasteiger charge is 2.04. The third kappa shape index (κ3) is 1.89. The molecule has 0 atom stereocenters. The van der Waals surface area contributed by atoms with E-state index >= 15 is 0 Å². The van der Waals surface area contributed by atoms with E-state index in [1.54, 1.807) is 18.6 Å². The quantitative estimate of drug-likeness (QED) is 0.583. The maximum Gasteiger partial charge on any atom is 0.198 e. The predicted molar refractivity (Wildman–Crippen MR) is 52.4 cm³/mol. The molecule has 66 valence electrons. The van der Waals surface area contributed by atoms with Gasteiger partial charge >= 0.3 is 0 Å². The predicted octanol–water partition coefficient (Wildman–Crippen LogP) is 3.15. The van der Waals surface area contributed by atoms with Gasteiger partial charge in [-0.1, -0.05) is 11.6 Å². The zero-order chi connectivity index (χ0) is 9.26. The molecule has 3 nitrogen and oxygen atoms in total. The molecule has 0 aliphatic carbocycles. The minimum atomic E-state index is 0.401. The Morgan fingerprint density at radius 2 is 2.23 bits per heavy atom.